The Labute approximate surface area is 114 Å². The Bertz CT molecular complexity index is 597. The number of benzene rings is 1. The summed E-state index contributed by atoms with van der Waals surface area (Å²) in [4.78, 5) is 0. The first-order valence-corrected chi connectivity index (χ1v) is 6.53. The third-order valence-corrected chi connectivity index (χ3v) is 3.31. The van der Waals surface area contributed by atoms with Crippen LogP contribution in [0.3, 0.4) is 0 Å². The molecule has 0 spiro atoms. The molecule has 0 fully saturated rings. The van der Waals surface area contributed by atoms with Gasteiger partial charge in [-0.25, -0.2) is 0 Å². The zero-order valence-corrected chi connectivity index (χ0v) is 11.5. The predicted molar refractivity (Wildman–Crippen MR) is 72.6 cm³/mol. The smallest absolute Gasteiger partial charge is 0.276 e. The molecule has 0 aliphatic heterocycles. The number of thioether (sulfide) groups is 1. The van der Waals surface area contributed by atoms with E-state index in [0.29, 0.717) is 28.2 Å². The minimum atomic E-state index is -0.0164. The van der Waals surface area contributed by atoms with E-state index < -0.39 is 0 Å². The molecule has 0 amide bonds. The molecule has 0 unspecified atom stereocenters. The summed E-state index contributed by atoms with van der Waals surface area (Å²) in [5, 5.41) is 15.7. The maximum Gasteiger partial charge on any atom is 0.276 e. The first-order chi connectivity index (χ1) is 9.10. The minimum absolute atomic E-state index is 0.0164. The Hall–Kier alpha value is -2.02. The van der Waals surface area contributed by atoms with Crippen molar-refractivity contribution in [3.8, 4) is 5.75 Å². The number of nitrogens with zero attached hydrogens (tertiary/aromatic N) is 2. The lowest BCUT2D eigenvalue weighted by Gasteiger charge is -2.08. The van der Waals surface area contributed by atoms with E-state index >= 15 is 0 Å². The van der Waals surface area contributed by atoms with Gasteiger partial charge in [0.05, 0.1) is 12.7 Å². The molecule has 1 heterocycles. The van der Waals surface area contributed by atoms with Crippen LogP contribution in [0.25, 0.3) is 0 Å². The molecule has 0 saturated carbocycles. The number of nitrogens with one attached hydrogen (secondary N) is 1. The van der Waals surface area contributed by atoms with Crippen LogP contribution in [0, 0.1) is 12.3 Å². The van der Waals surface area contributed by atoms with Crippen LogP contribution in [0.1, 0.15) is 17.0 Å². The van der Waals surface area contributed by atoms with Crippen molar-refractivity contribution < 1.29 is 9.15 Å². The molecular formula is C12H14N4O2S. The molecule has 1 aromatic carbocycles. The predicted octanol–water partition coefficient (Wildman–Crippen LogP) is 1.96. The summed E-state index contributed by atoms with van der Waals surface area (Å²) in [5.74, 6) is 1.78. The number of methoxy groups -OCH3 is 1. The van der Waals surface area contributed by atoms with E-state index in [9.17, 15) is 0 Å². The second kappa shape index (κ2) is 5.75. The number of amidine groups is 1. The Balaban J connectivity index is 2.12. The van der Waals surface area contributed by atoms with Crippen LogP contribution < -0.4 is 10.5 Å². The molecule has 2 aromatic rings. The Kier molecular flexibility index (Phi) is 4.06. The van der Waals surface area contributed by atoms with Crippen molar-refractivity contribution in [2.24, 2.45) is 5.73 Å². The van der Waals surface area contributed by atoms with Crippen LogP contribution in [0.5, 0.6) is 5.75 Å². The quantitative estimate of drug-likeness (QED) is 0.493. The summed E-state index contributed by atoms with van der Waals surface area (Å²) in [6, 6.07) is 5.55. The van der Waals surface area contributed by atoms with E-state index in [4.69, 9.17) is 20.3 Å². The molecule has 2 rings (SSSR count). The Morgan fingerprint density at radius 3 is 2.84 bits per heavy atom. The first-order valence-electron chi connectivity index (χ1n) is 5.54. The van der Waals surface area contributed by atoms with Crippen LogP contribution in [-0.4, -0.2) is 23.1 Å². The number of nitrogens with two attached hydrogens (primary N) is 1. The molecule has 3 N–H and O–H groups in total. The van der Waals surface area contributed by atoms with E-state index in [1.165, 1.54) is 11.8 Å². The summed E-state index contributed by atoms with van der Waals surface area (Å²) in [7, 11) is 1.55. The molecule has 0 atom stereocenters. The Morgan fingerprint density at radius 1 is 1.47 bits per heavy atom. The largest absolute Gasteiger partial charge is 0.496 e. The van der Waals surface area contributed by atoms with Gasteiger partial charge in [-0.15, -0.1) is 10.2 Å². The third-order valence-electron chi connectivity index (χ3n) is 2.42. The van der Waals surface area contributed by atoms with Crippen molar-refractivity contribution in [1.82, 2.24) is 10.2 Å². The van der Waals surface area contributed by atoms with Crippen molar-refractivity contribution in [1.29, 1.82) is 5.41 Å². The van der Waals surface area contributed by atoms with Crippen LogP contribution in [0.15, 0.2) is 27.8 Å². The number of aryl methyl sites for hydroxylation is 1. The highest BCUT2D eigenvalue weighted by Gasteiger charge is 2.09. The first kappa shape index (κ1) is 13.4. The highest BCUT2D eigenvalue weighted by Crippen LogP contribution is 2.25. The number of ether oxygens (including phenoxy) is 1. The lowest BCUT2D eigenvalue weighted by molar-refractivity contribution is 0.413. The van der Waals surface area contributed by atoms with Crippen molar-refractivity contribution in [2.45, 2.75) is 17.9 Å². The number of hydrogen-bond acceptors (Lipinski definition) is 6. The molecular weight excluding hydrogens is 264 g/mol. The van der Waals surface area contributed by atoms with Gasteiger partial charge in [0.15, 0.2) is 0 Å². The van der Waals surface area contributed by atoms with E-state index in [2.05, 4.69) is 10.2 Å². The fourth-order valence-electron chi connectivity index (χ4n) is 1.54. The summed E-state index contributed by atoms with van der Waals surface area (Å²) < 4.78 is 10.4. The van der Waals surface area contributed by atoms with Gasteiger partial charge in [0.2, 0.25) is 5.89 Å². The summed E-state index contributed by atoms with van der Waals surface area (Å²) in [6.07, 6.45) is 0. The van der Waals surface area contributed by atoms with Crippen molar-refractivity contribution in [3.05, 3.63) is 35.2 Å². The van der Waals surface area contributed by atoms with Crippen LogP contribution in [0.4, 0.5) is 0 Å². The molecule has 7 heteroatoms. The molecule has 6 nitrogen and oxygen atoms in total. The van der Waals surface area contributed by atoms with Crippen molar-refractivity contribution in [3.63, 3.8) is 0 Å². The fourth-order valence-corrected chi connectivity index (χ4v) is 2.29. The number of rotatable bonds is 5. The maximum absolute atomic E-state index is 7.53. The number of nitrogen functional groups attached to an aromatic ring is 1. The molecule has 0 radical (unpaired) electrons. The summed E-state index contributed by atoms with van der Waals surface area (Å²) in [5.41, 5.74) is 7.12. The van der Waals surface area contributed by atoms with E-state index in [1.54, 1.807) is 20.1 Å². The lowest BCUT2D eigenvalue weighted by Crippen LogP contribution is -2.12. The molecule has 0 aliphatic rings. The molecule has 100 valence electrons. The third kappa shape index (κ3) is 3.25. The maximum atomic E-state index is 7.53. The second-order valence-corrected chi connectivity index (χ2v) is 4.75. The van der Waals surface area contributed by atoms with Gasteiger partial charge >= 0.3 is 0 Å². The van der Waals surface area contributed by atoms with Crippen molar-refractivity contribution >= 4 is 17.6 Å². The van der Waals surface area contributed by atoms with E-state index in [1.807, 2.05) is 12.1 Å². The van der Waals surface area contributed by atoms with E-state index in [-0.39, 0.29) is 5.84 Å². The van der Waals surface area contributed by atoms with Gasteiger partial charge in [-0.1, -0.05) is 17.8 Å². The lowest BCUT2D eigenvalue weighted by atomic mass is 10.1. The Morgan fingerprint density at radius 2 is 2.26 bits per heavy atom. The summed E-state index contributed by atoms with van der Waals surface area (Å²) in [6.45, 7) is 1.75. The average molecular weight is 278 g/mol. The van der Waals surface area contributed by atoms with Crippen molar-refractivity contribution in [2.75, 3.05) is 7.11 Å². The SMILES string of the molecule is COc1ccc(CSc2nnc(C)o2)cc1C(=N)N. The molecule has 19 heavy (non-hydrogen) atoms. The van der Waals surface area contributed by atoms with Crippen LogP contribution >= 0.6 is 11.8 Å². The van der Waals surface area contributed by atoms with Crippen LogP contribution in [0.2, 0.25) is 0 Å². The standard InChI is InChI=1S/C12H14N4O2S/c1-7-15-16-12(18-7)19-6-8-3-4-10(17-2)9(5-8)11(13)14/h3-5H,6H2,1-2H3,(H3,13,14). The van der Waals surface area contributed by atoms with Gasteiger partial charge in [-0.05, 0) is 17.7 Å². The van der Waals surface area contributed by atoms with Gasteiger partial charge in [-0.3, -0.25) is 5.41 Å². The topological polar surface area (TPSA) is 98.0 Å². The monoisotopic (exact) mass is 278 g/mol. The summed E-state index contributed by atoms with van der Waals surface area (Å²) >= 11 is 1.44. The van der Waals surface area contributed by atoms with Gasteiger partial charge in [0.1, 0.15) is 11.6 Å². The van der Waals surface area contributed by atoms with E-state index in [0.717, 1.165) is 5.56 Å². The number of aromatic nitrogens is 2. The minimum Gasteiger partial charge on any atom is -0.496 e. The van der Waals surface area contributed by atoms with Gasteiger partial charge in [0.25, 0.3) is 5.22 Å². The molecule has 0 saturated heterocycles. The highest BCUT2D eigenvalue weighted by atomic mass is 32.2. The second-order valence-electron chi connectivity index (χ2n) is 3.82. The van der Waals surface area contributed by atoms with Crippen LogP contribution in [-0.2, 0) is 5.75 Å². The molecule has 1 aromatic heterocycles. The fraction of sp³-hybridized carbons (Fsp3) is 0.250. The van der Waals surface area contributed by atoms with Gasteiger partial charge < -0.3 is 14.9 Å². The molecule has 0 aliphatic carbocycles. The normalized spacial score (nSPS) is 10.4. The average Bonchev–Trinajstić information content (AvgIpc) is 2.81. The zero-order valence-electron chi connectivity index (χ0n) is 10.6. The van der Waals surface area contributed by atoms with Gasteiger partial charge in [0, 0.05) is 12.7 Å². The number of hydrogen-bond donors (Lipinski definition) is 2. The zero-order chi connectivity index (χ0) is 13.8. The molecule has 0 bridgehead atoms. The van der Waals surface area contributed by atoms with Gasteiger partial charge in [-0.2, -0.15) is 0 Å². The highest BCUT2D eigenvalue weighted by molar-refractivity contribution is 7.98.